The zero-order chi connectivity index (χ0) is 36.4. The summed E-state index contributed by atoms with van der Waals surface area (Å²) in [4.78, 5) is 20.5. The number of imidazole rings is 2. The molecule has 0 N–H and O–H groups in total. The van der Waals surface area contributed by atoms with Crippen molar-refractivity contribution in [3.05, 3.63) is 189 Å². The summed E-state index contributed by atoms with van der Waals surface area (Å²) in [6, 6.07) is 55.8. The van der Waals surface area contributed by atoms with Crippen molar-refractivity contribution in [3.8, 4) is 78.9 Å². The van der Waals surface area contributed by atoms with Crippen LogP contribution >= 0.6 is 0 Å². The van der Waals surface area contributed by atoms with E-state index in [0.29, 0.717) is 5.82 Å². The number of nitrogens with zero attached hydrogens (tertiary/aromatic N) is 6. The normalized spacial score (nSPS) is 11.1. The van der Waals surface area contributed by atoms with Gasteiger partial charge in [-0.3, -0.25) is 8.97 Å². The van der Waals surface area contributed by atoms with E-state index in [2.05, 4.69) is 115 Å². The maximum Gasteiger partial charge on any atom is 0.160 e. The molecule has 4 heterocycles. The van der Waals surface area contributed by atoms with E-state index in [1.54, 1.807) is 12.3 Å². The van der Waals surface area contributed by atoms with Crippen LogP contribution in [-0.2, 0) is 0 Å². The maximum absolute atomic E-state index is 5.15. The highest BCUT2D eigenvalue weighted by Gasteiger charge is 2.20. The van der Waals surface area contributed by atoms with E-state index < -0.39 is 0 Å². The van der Waals surface area contributed by atoms with E-state index >= 15 is 0 Å². The van der Waals surface area contributed by atoms with E-state index in [0.717, 1.165) is 84.6 Å². The number of aromatic nitrogens is 6. The van der Waals surface area contributed by atoms with Crippen LogP contribution in [0, 0.1) is 0 Å². The Kier molecular flexibility index (Phi) is 8.38. The predicted molar refractivity (Wildman–Crippen MR) is 221 cm³/mol. The molecular weight excluding hydrogens is 661 g/mol. The molecule has 0 amide bonds. The lowest BCUT2D eigenvalue weighted by atomic mass is 9.99. The van der Waals surface area contributed by atoms with Crippen LogP contribution in [0.25, 0.3) is 96.9 Å². The van der Waals surface area contributed by atoms with Crippen LogP contribution in [0.5, 0.6) is 0 Å². The molecule has 0 aliphatic carbocycles. The molecule has 0 saturated carbocycles. The number of hydrogen-bond donors (Lipinski definition) is 0. The highest BCUT2D eigenvalue weighted by molar-refractivity contribution is 5.86. The molecular formula is C48H34N6. The van der Waals surface area contributed by atoms with Crippen molar-refractivity contribution in [3.63, 3.8) is 0 Å². The van der Waals surface area contributed by atoms with Crippen molar-refractivity contribution in [2.24, 2.45) is 0 Å². The Morgan fingerprint density at radius 3 is 1.50 bits per heavy atom. The molecule has 0 spiro atoms. The first-order chi connectivity index (χ1) is 26.7. The fraction of sp³-hybridized carbons (Fsp3) is 0. The molecule has 0 atom stereocenters. The summed E-state index contributed by atoms with van der Waals surface area (Å²) in [6.07, 6.45) is 5.61. The lowest BCUT2D eigenvalue weighted by Gasteiger charge is -2.12. The van der Waals surface area contributed by atoms with Crippen molar-refractivity contribution in [2.45, 2.75) is 0 Å². The SMILES string of the molecule is C=Cc1nc(-c2cccc(-c3cc(-c4cccc(-c5nc6ccccn6c5-c5ccccc5)c4)nc(-c4ccccc4)n3)c2)c(-c2ccccc2)n1C=C. The van der Waals surface area contributed by atoms with Crippen molar-refractivity contribution >= 4 is 17.9 Å². The average molecular weight is 695 g/mol. The summed E-state index contributed by atoms with van der Waals surface area (Å²) >= 11 is 0. The Balaban J connectivity index is 1.20. The summed E-state index contributed by atoms with van der Waals surface area (Å²) in [7, 11) is 0. The zero-order valence-electron chi connectivity index (χ0n) is 29.4. The third-order valence-electron chi connectivity index (χ3n) is 9.55. The van der Waals surface area contributed by atoms with Crippen LogP contribution in [0.2, 0.25) is 0 Å². The zero-order valence-corrected chi connectivity index (χ0v) is 29.4. The van der Waals surface area contributed by atoms with Crippen LogP contribution in [0.15, 0.2) is 183 Å². The van der Waals surface area contributed by atoms with Gasteiger partial charge in [0, 0.05) is 51.3 Å². The molecule has 9 rings (SSSR count). The van der Waals surface area contributed by atoms with Gasteiger partial charge in [-0.1, -0.05) is 147 Å². The molecule has 0 saturated heterocycles. The molecule has 9 aromatic rings. The number of hydrogen-bond acceptors (Lipinski definition) is 4. The largest absolute Gasteiger partial charge is 0.300 e. The van der Waals surface area contributed by atoms with Gasteiger partial charge in [-0.25, -0.2) is 19.9 Å². The van der Waals surface area contributed by atoms with Crippen LogP contribution in [0.3, 0.4) is 0 Å². The number of rotatable bonds is 9. The monoisotopic (exact) mass is 694 g/mol. The van der Waals surface area contributed by atoms with Gasteiger partial charge >= 0.3 is 0 Å². The fourth-order valence-corrected chi connectivity index (χ4v) is 7.03. The van der Waals surface area contributed by atoms with Gasteiger partial charge in [-0.2, -0.15) is 0 Å². The van der Waals surface area contributed by atoms with Gasteiger partial charge in [-0.05, 0) is 36.4 Å². The molecule has 256 valence electrons. The van der Waals surface area contributed by atoms with E-state index in [9.17, 15) is 0 Å². The minimum Gasteiger partial charge on any atom is -0.300 e. The third-order valence-corrected chi connectivity index (χ3v) is 9.55. The lowest BCUT2D eigenvalue weighted by molar-refractivity contribution is 1.11. The van der Waals surface area contributed by atoms with Gasteiger partial charge in [0.25, 0.3) is 0 Å². The Labute approximate surface area is 313 Å². The highest BCUT2D eigenvalue weighted by atomic mass is 15.1. The Bertz CT molecular complexity index is 2800. The van der Waals surface area contributed by atoms with Crippen LogP contribution < -0.4 is 0 Å². The second kappa shape index (κ2) is 13.9. The molecule has 0 aliphatic heterocycles. The van der Waals surface area contributed by atoms with Gasteiger partial charge in [0.1, 0.15) is 11.5 Å². The van der Waals surface area contributed by atoms with Crippen LogP contribution in [0.4, 0.5) is 0 Å². The summed E-state index contributed by atoms with van der Waals surface area (Å²) in [6.45, 7) is 8.11. The van der Waals surface area contributed by atoms with Gasteiger partial charge in [0.05, 0.1) is 34.2 Å². The Hall–Kier alpha value is -7.44. The minimum atomic E-state index is 0.645. The summed E-state index contributed by atoms with van der Waals surface area (Å²) < 4.78 is 4.14. The number of pyridine rings is 1. The summed E-state index contributed by atoms with van der Waals surface area (Å²) in [5.74, 6) is 1.37. The second-order valence-corrected chi connectivity index (χ2v) is 12.9. The quantitative estimate of drug-likeness (QED) is 0.151. The number of benzene rings is 5. The van der Waals surface area contributed by atoms with Crippen molar-refractivity contribution in [1.29, 1.82) is 0 Å². The molecule has 4 aromatic heterocycles. The second-order valence-electron chi connectivity index (χ2n) is 12.9. The van der Waals surface area contributed by atoms with E-state index in [4.69, 9.17) is 19.9 Å². The van der Waals surface area contributed by atoms with Gasteiger partial charge in [0.15, 0.2) is 5.82 Å². The topological polar surface area (TPSA) is 60.9 Å². The molecule has 6 heteroatoms. The first-order valence-electron chi connectivity index (χ1n) is 17.8. The molecule has 0 fully saturated rings. The van der Waals surface area contributed by atoms with E-state index in [-0.39, 0.29) is 0 Å². The van der Waals surface area contributed by atoms with Crippen molar-refractivity contribution in [1.82, 2.24) is 28.9 Å². The highest BCUT2D eigenvalue weighted by Crippen LogP contribution is 2.38. The van der Waals surface area contributed by atoms with Crippen molar-refractivity contribution < 1.29 is 0 Å². The van der Waals surface area contributed by atoms with Crippen LogP contribution in [-0.4, -0.2) is 28.9 Å². The van der Waals surface area contributed by atoms with E-state index in [1.165, 1.54) is 0 Å². The molecule has 0 aliphatic rings. The fourth-order valence-electron chi connectivity index (χ4n) is 7.03. The smallest absolute Gasteiger partial charge is 0.160 e. The lowest BCUT2D eigenvalue weighted by Crippen LogP contribution is -1.96. The predicted octanol–water partition coefficient (Wildman–Crippen LogP) is 11.7. The minimum absolute atomic E-state index is 0.645. The Morgan fingerprint density at radius 2 is 0.926 bits per heavy atom. The molecule has 0 unspecified atom stereocenters. The van der Waals surface area contributed by atoms with E-state index in [1.807, 2.05) is 77.4 Å². The first-order valence-corrected chi connectivity index (χ1v) is 17.8. The number of fused-ring (bicyclic) bond motifs is 1. The van der Waals surface area contributed by atoms with Crippen LogP contribution in [0.1, 0.15) is 5.82 Å². The third kappa shape index (κ3) is 5.91. The molecule has 54 heavy (non-hydrogen) atoms. The van der Waals surface area contributed by atoms with Gasteiger partial charge in [-0.15, -0.1) is 0 Å². The Morgan fingerprint density at radius 1 is 0.426 bits per heavy atom. The van der Waals surface area contributed by atoms with Crippen molar-refractivity contribution in [2.75, 3.05) is 0 Å². The molecule has 0 radical (unpaired) electrons. The van der Waals surface area contributed by atoms with Gasteiger partial charge < -0.3 is 0 Å². The maximum atomic E-state index is 5.15. The standard InChI is InChI=1S/C48H34N6/c1-3-42-51-44(46(53(42)4-2)33-18-8-5-9-19-33)38-26-16-24-36(30-38)40-32-41(50-48(49-40)35-22-12-7-13-23-35)37-25-17-27-39(31-37)45-47(34-20-10-6-11-21-34)54-29-15-14-28-43(54)52-45/h3-32H,1-2H2. The molecule has 6 nitrogen and oxygen atoms in total. The summed E-state index contributed by atoms with van der Waals surface area (Å²) in [5, 5.41) is 0. The average Bonchev–Trinajstić information content (AvgIpc) is 3.84. The van der Waals surface area contributed by atoms with Gasteiger partial charge in [0.2, 0.25) is 0 Å². The molecule has 5 aromatic carbocycles. The molecule has 0 bridgehead atoms. The first kappa shape index (κ1) is 32.5. The summed E-state index contributed by atoms with van der Waals surface area (Å²) in [5.41, 5.74) is 13.2.